The molecule has 2 aromatic rings. The minimum Gasteiger partial charge on any atom is -0.507 e. The van der Waals surface area contributed by atoms with Gasteiger partial charge in [-0.15, -0.1) is 0 Å². The molecular weight excluding hydrogens is 552 g/mol. The minimum absolute atomic E-state index is 0.00898. The number of phenolic OH excluding ortho intramolecular Hbond substituents is 2. The summed E-state index contributed by atoms with van der Waals surface area (Å²) in [6.45, 7) is 4.57. The van der Waals surface area contributed by atoms with Crippen LogP contribution in [0.25, 0.3) is 4.85 Å². The highest BCUT2D eigenvalue weighted by atomic mass is 16.5. The van der Waals surface area contributed by atoms with Crippen molar-refractivity contribution in [3.05, 3.63) is 70.1 Å². The lowest BCUT2D eigenvalue weighted by atomic mass is 10.1. The molecule has 0 fully saturated rings. The monoisotopic (exact) mass is 580 g/mol. The summed E-state index contributed by atoms with van der Waals surface area (Å²) < 4.78 is 9.29. The van der Waals surface area contributed by atoms with Gasteiger partial charge in [0.1, 0.15) is 41.8 Å². The quantitative estimate of drug-likeness (QED) is 0.147. The van der Waals surface area contributed by atoms with E-state index in [4.69, 9.17) is 17.6 Å². The molecule has 3 amide bonds. The van der Waals surface area contributed by atoms with Crippen molar-refractivity contribution in [2.45, 2.75) is 19.5 Å². The van der Waals surface area contributed by atoms with Gasteiger partial charge >= 0.3 is 18.7 Å². The van der Waals surface area contributed by atoms with E-state index in [0.29, 0.717) is 11.1 Å². The molecule has 0 aliphatic carbocycles. The number of carbonyl (C=O) groups is 5. The molecule has 6 N–H and O–H groups in total. The van der Waals surface area contributed by atoms with Crippen LogP contribution >= 0.6 is 0 Å². The standard InChI is InChI=1S/C27H28N6O9/c1-30-16-42-27(40)20-5-3-18(11-22(20)35)13-32-24(37)15-33(25(38)6-7-28)14-23(36)31-12-17-2-4-19(21(34)10-17)26(39)41-9-8-29/h2-5,10-11,34-35H,6-7,9,12-16,28H2,(H,31,36)(H,32,37). The third-order valence-corrected chi connectivity index (χ3v) is 5.45. The fraction of sp³-hybridized carbons (Fsp3) is 0.296. The maximum atomic E-state index is 12.5. The maximum absolute atomic E-state index is 12.5. The predicted molar refractivity (Wildman–Crippen MR) is 143 cm³/mol. The summed E-state index contributed by atoms with van der Waals surface area (Å²) in [5, 5.41) is 33.7. The summed E-state index contributed by atoms with van der Waals surface area (Å²) in [6.07, 6.45) is -0.114. The van der Waals surface area contributed by atoms with Gasteiger partial charge in [0.25, 0.3) is 0 Å². The number of amides is 3. The van der Waals surface area contributed by atoms with Crippen molar-refractivity contribution in [3.8, 4) is 17.6 Å². The van der Waals surface area contributed by atoms with E-state index in [2.05, 4.69) is 25.0 Å². The van der Waals surface area contributed by atoms with Gasteiger partial charge in [0.2, 0.25) is 17.7 Å². The van der Waals surface area contributed by atoms with Crippen LogP contribution in [0.1, 0.15) is 38.3 Å². The van der Waals surface area contributed by atoms with E-state index < -0.39 is 67.6 Å². The number of esters is 2. The molecule has 2 aromatic carbocycles. The Kier molecular flexibility index (Phi) is 12.7. The highest BCUT2D eigenvalue weighted by Gasteiger charge is 2.21. The molecule has 0 atom stereocenters. The first kappa shape index (κ1) is 32.5. The van der Waals surface area contributed by atoms with Gasteiger partial charge in [-0.1, -0.05) is 12.1 Å². The smallest absolute Gasteiger partial charge is 0.359 e. The van der Waals surface area contributed by atoms with E-state index in [-0.39, 0.29) is 37.2 Å². The number of benzene rings is 2. The number of hydrogen-bond acceptors (Lipinski definition) is 11. The van der Waals surface area contributed by atoms with Crippen LogP contribution in [0.3, 0.4) is 0 Å². The van der Waals surface area contributed by atoms with Crippen molar-refractivity contribution in [1.29, 1.82) is 5.26 Å². The van der Waals surface area contributed by atoms with Gasteiger partial charge in [-0.25, -0.2) is 16.2 Å². The molecule has 0 saturated carbocycles. The third kappa shape index (κ3) is 10.1. The second kappa shape index (κ2) is 16.4. The third-order valence-electron chi connectivity index (χ3n) is 5.45. The first-order valence-corrected chi connectivity index (χ1v) is 12.3. The van der Waals surface area contributed by atoms with Gasteiger partial charge in [0.05, 0.1) is 0 Å². The topological polar surface area (TPSA) is 226 Å². The Hall–Kier alpha value is -5.67. The van der Waals surface area contributed by atoms with Gasteiger partial charge < -0.3 is 41.0 Å². The van der Waals surface area contributed by atoms with E-state index in [1.807, 2.05) is 0 Å². The van der Waals surface area contributed by atoms with E-state index in [9.17, 15) is 34.2 Å². The largest absolute Gasteiger partial charge is 0.507 e. The fourth-order valence-electron chi connectivity index (χ4n) is 3.44. The fourth-order valence-corrected chi connectivity index (χ4v) is 3.44. The molecule has 0 aliphatic rings. The van der Waals surface area contributed by atoms with Crippen LogP contribution in [0.4, 0.5) is 0 Å². The first-order chi connectivity index (χ1) is 20.1. The van der Waals surface area contributed by atoms with Crippen LogP contribution < -0.4 is 16.4 Å². The van der Waals surface area contributed by atoms with Crippen molar-refractivity contribution >= 4 is 29.7 Å². The van der Waals surface area contributed by atoms with Gasteiger partial charge in [0, 0.05) is 26.1 Å². The molecule has 0 unspecified atom stereocenters. The van der Waals surface area contributed by atoms with Crippen LogP contribution in [0.15, 0.2) is 36.4 Å². The Morgan fingerprint density at radius 1 is 0.905 bits per heavy atom. The molecule has 15 nitrogen and oxygen atoms in total. The second-order valence-electron chi connectivity index (χ2n) is 8.50. The molecule has 15 heteroatoms. The highest BCUT2D eigenvalue weighted by Crippen LogP contribution is 2.21. The molecule has 220 valence electrons. The molecule has 0 bridgehead atoms. The maximum Gasteiger partial charge on any atom is 0.359 e. The summed E-state index contributed by atoms with van der Waals surface area (Å²) in [5.41, 5.74) is 5.99. The number of ether oxygens (including phenoxy) is 2. The van der Waals surface area contributed by atoms with Crippen LogP contribution in [0.2, 0.25) is 0 Å². The molecule has 2 rings (SSSR count). The predicted octanol–water partition coefficient (Wildman–Crippen LogP) is -0.0782. The average molecular weight is 581 g/mol. The molecule has 0 spiro atoms. The number of aromatic hydroxyl groups is 2. The SMILES string of the molecule is [C-]#[N+]COC(=O)c1ccc(CNC(=O)CN(CC(=O)NCc2ccc(C(=O)OCC#N)c(O)c2)C(=O)CCN)cc1O. The number of nitrogens with two attached hydrogens (primary N) is 1. The Bertz CT molecular complexity index is 1320. The lowest BCUT2D eigenvalue weighted by molar-refractivity contribution is -0.139. The second-order valence-corrected chi connectivity index (χ2v) is 8.50. The van der Waals surface area contributed by atoms with Crippen LogP contribution in [0.5, 0.6) is 11.5 Å². The van der Waals surface area contributed by atoms with Crippen LogP contribution in [-0.2, 0) is 36.9 Å². The molecule has 0 aliphatic heterocycles. The summed E-state index contributed by atoms with van der Waals surface area (Å²) in [7, 11) is 0. The van der Waals surface area contributed by atoms with Gasteiger partial charge in [-0.2, -0.15) is 5.26 Å². The highest BCUT2D eigenvalue weighted by molar-refractivity contribution is 5.93. The van der Waals surface area contributed by atoms with Crippen molar-refractivity contribution in [2.24, 2.45) is 5.73 Å². The number of nitrogens with one attached hydrogen (secondary N) is 2. The zero-order chi connectivity index (χ0) is 31.1. The summed E-state index contributed by atoms with van der Waals surface area (Å²) in [5.74, 6) is -4.35. The number of phenols is 2. The molecule has 0 saturated heterocycles. The van der Waals surface area contributed by atoms with Gasteiger partial charge in [0.15, 0.2) is 6.61 Å². The Morgan fingerprint density at radius 3 is 1.83 bits per heavy atom. The Morgan fingerprint density at radius 2 is 1.40 bits per heavy atom. The Balaban J connectivity index is 1.95. The summed E-state index contributed by atoms with van der Waals surface area (Å²) >= 11 is 0. The first-order valence-electron chi connectivity index (χ1n) is 12.3. The number of rotatable bonds is 14. The average Bonchev–Trinajstić information content (AvgIpc) is 2.96. The zero-order valence-corrected chi connectivity index (χ0v) is 22.3. The van der Waals surface area contributed by atoms with Gasteiger partial charge in [-0.05, 0) is 35.4 Å². The minimum atomic E-state index is -0.886. The lowest BCUT2D eigenvalue weighted by Gasteiger charge is -2.22. The van der Waals surface area contributed by atoms with E-state index in [1.54, 1.807) is 6.07 Å². The van der Waals surface area contributed by atoms with Gasteiger partial charge in [-0.3, -0.25) is 19.2 Å². The molecule has 0 heterocycles. The number of carbonyl (C=O) groups excluding carboxylic acids is 5. The normalized spacial score (nSPS) is 9.98. The Labute approximate surface area is 240 Å². The number of nitriles is 1. The van der Waals surface area contributed by atoms with E-state index >= 15 is 0 Å². The van der Waals surface area contributed by atoms with Crippen molar-refractivity contribution in [1.82, 2.24) is 15.5 Å². The number of nitrogens with zero attached hydrogens (tertiary/aromatic N) is 3. The lowest BCUT2D eigenvalue weighted by Crippen LogP contribution is -2.46. The van der Waals surface area contributed by atoms with Crippen molar-refractivity contribution < 1.29 is 43.7 Å². The van der Waals surface area contributed by atoms with Crippen molar-refractivity contribution in [2.75, 3.05) is 33.0 Å². The zero-order valence-electron chi connectivity index (χ0n) is 22.3. The number of hydrogen-bond donors (Lipinski definition) is 5. The van der Waals surface area contributed by atoms with Crippen molar-refractivity contribution in [3.63, 3.8) is 0 Å². The molecule has 0 aromatic heterocycles. The van der Waals surface area contributed by atoms with Crippen LogP contribution in [0, 0.1) is 17.9 Å². The van der Waals surface area contributed by atoms with E-state index in [0.717, 1.165) is 4.90 Å². The molecular formula is C27H28N6O9. The van der Waals surface area contributed by atoms with Crippen LogP contribution in [-0.4, -0.2) is 77.7 Å². The molecule has 42 heavy (non-hydrogen) atoms. The summed E-state index contributed by atoms with van der Waals surface area (Å²) in [4.78, 5) is 65.1. The molecule has 0 radical (unpaired) electrons. The summed E-state index contributed by atoms with van der Waals surface area (Å²) in [6, 6.07) is 9.56. The van der Waals surface area contributed by atoms with E-state index in [1.165, 1.54) is 36.4 Å².